The van der Waals surface area contributed by atoms with Crippen LogP contribution in [0.2, 0.25) is 0 Å². The number of fused-ring (bicyclic) bond motifs is 3. The maximum atomic E-state index is 12.2. The molecule has 0 aliphatic heterocycles. The molecule has 0 spiro atoms. The summed E-state index contributed by atoms with van der Waals surface area (Å²) in [6, 6.07) is 17.6. The maximum Gasteiger partial charge on any atom is 0.412 e. The van der Waals surface area contributed by atoms with Gasteiger partial charge in [0, 0.05) is 12.1 Å². The number of hydrogen-bond donors (Lipinski definition) is 2. The molecule has 1 heterocycles. The molecule has 0 fully saturated rings. The molecule has 140 valence electrons. The Morgan fingerprint density at radius 1 is 1.00 bits per heavy atom. The van der Waals surface area contributed by atoms with E-state index in [2.05, 4.69) is 27.4 Å². The lowest BCUT2D eigenvalue weighted by atomic mass is 9.98. The predicted molar refractivity (Wildman–Crippen MR) is 102 cm³/mol. The van der Waals surface area contributed by atoms with Gasteiger partial charge < -0.3 is 9.84 Å². The van der Waals surface area contributed by atoms with Crippen LogP contribution in [0.1, 0.15) is 22.9 Å². The topological polar surface area (TPSA) is 101 Å². The van der Waals surface area contributed by atoms with Crippen LogP contribution in [-0.4, -0.2) is 33.7 Å². The second-order valence-electron chi connectivity index (χ2n) is 6.38. The zero-order chi connectivity index (χ0) is 19.5. The number of carbonyl (C=O) groups is 2. The van der Waals surface area contributed by atoms with Crippen LogP contribution in [0, 0.1) is 0 Å². The number of carboxylic acids is 1. The number of carbonyl (C=O) groups excluding carboxylic acids is 1. The summed E-state index contributed by atoms with van der Waals surface area (Å²) in [5, 5.41) is 11.3. The van der Waals surface area contributed by atoms with Gasteiger partial charge in [0.15, 0.2) is 0 Å². The fourth-order valence-electron chi connectivity index (χ4n) is 3.43. The highest BCUT2D eigenvalue weighted by molar-refractivity contribution is 5.84. The molecule has 1 aliphatic rings. The molecule has 3 aromatic rings. The van der Waals surface area contributed by atoms with E-state index in [1.807, 2.05) is 36.4 Å². The van der Waals surface area contributed by atoms with Gasteiger partial charge in [0.25, 0.3) is 0 Å². The summed E-state index contributed by atoms with van der Waals surface area (Å²) < 4.78 is 5.44. The number of nitrogens with one attached hydrogen (secondary N) is 1. The Morgan fingerprint density at radius 2 is 1.64 bits per heavy atom. The van der Waals surface area contributed by atoms with E-state index in [4.69, 9.17) is 9.84 Å². The molecule has 7 heteroatoms. The molecule has 0 unspecified atom stereocenters. The second-order valence-corrected chi connectivity index (χ2v) is 6.38. The Bertz CT molecular complexity index is 1010. The van der Waals surface area contributed by atoms with Gasteiger partial charge in [-0.25, -0.2) is 14.8 Å². The van der Waals surface area contributed by atoms with Gasteiger partial charge in [-0.1, -0.05) is 48.5 Å². The molecular formula is C21H17N3O4. The van der Waals surface area contributed by atoms with Gasteiger partial charge in [-0.05, 0) is 28.3 Å². The van der Waals surface area contributed by atoms with Gasteiger partial charge in [-0.2, -0.15) is 0 Å². The number of ether oxygens (including phenoxy) is 1. The van der Waals surface area contributed by atoms with Crippen molar-refractivity contribution in [1.29, 1.82) is 0 Å². The molecule has 2 N–H and O–H groups in total. The van der Waals surface area contributed by atoms with Crippen LogP contribution >= 0.6 is 0 Å². The third-order valence-electron chi connectivity index (χ3n) is 4.59. The summed E-state index contributed by atoms with van der Waals surface area (Å²) in [5.74, 6) is -0.767. The molecule has 0 radical (unpaired) electrons. The van der Waals surface area contributed by atoms with Crippen LogP contribution in [0.25, 0.3) is 11.1 Å². The van der Waals surface area contributed by atoms with Gasteiger partial charge in [-0.15, -0.1) is 0 Å². The number of aromatic nitrogens is 2. The average molecular weight is 375 g/mol. The fourth-order valence-corrected chi connectivity index (χ4v) is 3.43. The van der Waals surface area contributed by atoms with Crippen LogP contribution in [0.3, 0.4) is 0 Å². The largest absolute Gasteiger partial charge is 0.481 e. The average Bonchev–Trinajstić information content (AvgIpc) is 3.00. The molecule has 1 aromatic heterocycles. The fraction of sp³-hybridized carbons (Fsp3) is 0.143. The van der Waals surface area contributed by atoms with Crippen molar-refractivity contribution in [3.05, 3.63) is 77.7 Å². The number of nitrogens with zero attached hydrogens (tertiary/aromatic N) is 2. The number of anilines is 1. The Morgan fingerprint density at radius 3 is 2.29 bits per heavy atom. The van der Waals surface area contributed by atoms with E-state index in [1.165, 1.54) is 12.3 Å². The summed E-state index contributed by atoms with van der Waals surface area (Å²) in [4.78, 5) is 30.8. The lowest BCUT2D eigenvalue weighted by Gasteiger charge is -2.14. The van der Waals surface area contributed by atoms with Crippen molar-refractivity contribution >= 4 is 17.9 Å². The Hall–Kier alpha value is -3.74. The second kappa shape index (κ2) is 7.48. The van der Waals surface area contributed by atoms with Gasteiger partial charge in [-0.3, -0.25) is 10.1 Å². The summed E-state index contributed by atoms with van der Waals surface area (Å²) in [6.45, 7) is 0.187. The Kier molecular flexibility index (Phi) is 4.72. The number of hydrogen-bond acceptors (Lipinski definition) is 5. The highest BCUT2D eigenvalue weighted by atomic mass is 16.5. The summed E-state index contributed by atoms with van der Waals surface area (Å²) in [6.07, 6.45) is 0.423. The van der Waals surface area contributed by atoms with Crippen molar-refractivity contribution in [2.75, 3.05) is 11.9 Å². The van der Waals surface area contributed by atoms with Crippen molar-refractivity contribution in [3.8, 4) is 11.1 Å². The quantitative estimate of drug-likeness (QED) is 0.708. The monoisotopic (exact) mass is 375 g/mol. The van der Waals surface area contributed by atoms with Crippen LogP contribution in [-0.2, 0) is 16.0 Å². The third kappa shape index (κ3) is 3.55. The van der Waals surface area contributed by atoms with E-state index in [0.29, 0.717) is 0 Å². The van der Waals surface area contributed by atoms with Crippen LogP contribution in [0.4, 0.5) is 10.6 Å². The normalized spacial score (nSPS) is 12.1. The lowest BCUT2D eigenvalue weighted by Crippen LogP contribution is -2.19. The first-order valence-corrected chi connectivity index (χ1v) is 8.77. The molecular weight excluding hydrogens is 358 g/mol. The van der Waals surface area contributed by atoms with E-state index in [0.717, 1.165) is 22.3 Å². The smallest absolute Gasteiger partial charge is 0.412 e. The first kappa shape index (κ1) is 17.7. The summed E-state index contributed by atoms with van der Waals surface area (Å²) in [5.41, 5.74) is 4.56. The maximum absolute atomic E-state index is 12.2. The predicted octanol–water partition coefficient (Wildman–Crippen LogP) is 3.46. The van der Waals surface area contributed by atoms with Gasteiger partial charge in [0.1, 0.15) is 24.7 Å². The third-order valence-corrected chi connectivity index (χ3v) is 4.59. The van der Waals surface area contributed by atoms with Gasteiger partial charge in [0.05, 0.1) is 0 Å². The first-order chi connectivity index (χ1) is 13.6. The molecule has 28 heavy (non-hydrogen) atoms. The minimum Gasteiger partial charge on any atom is -0.481 e. The van der Waals surface area contributed by atoms with Crippen molar-refractivity contribution < 1.29 is 19.4 Å². The number of aliphatic carboxylic acids is 1. The van der Waals surface area contributed by atoms with E-state index < -0.39 is 12.1 Å². The standard InChI is InChI=1S/C21H17N3O4/c25-20(26)11-19-22-10-9-18(23-19)24-21(27)28-12-17-15-7-3-1-5-13(15)14-6-2-4-8-16(14)17/h1-10,17H,11-12H2,(H,25,26)(H,22,23,24,27). The Balaban J connectivity index is 1.45. The van der Waals surface area contributed by atoms with Crippen LogP contribution in [0.5, 0.6) is 0 Å². The van der Waals surface area contributed by atoms with E-state index in [1.54, 1.807) is 0 Å². The lowest BCUT2D eigenvalue weighted by molar-refractivity contribution is -0.136. The van der Waals surface area contributed by atoms with Crippen molar-refractivity contribution in [2.45, 2.75) is 12.3 Å². The minimum atomic E-state index is -1.04. The van der Waals surface area contributed by atoms with Crippen molar-refractivity contribution in [3.63, 3.8) is 0 Å². The van der Waals surface area contributed by atoms with Gasteiger partial charge >= 0.3 is 12.1 Å². The van der Waals surface area contributed by atoms with Crippen LogP contribution in [0.15, 0.2) is 60.8 Å². The Labute approximate surface area is 161 Å². The molecule has 0 atom stereocenters. The molecule has 2 aromatic carbocycles. The zero-order valence-corrected chi connectivity index (χ0v) is 14.8. The molecule has 1 aliphatic carbocycles. The van der Waals surface area contributed by atoms with Crippen molar-refractivity contribution in [1.82, 2.24) is 9.97 Å². The van der Waals surface area contributed by atoms with E-state index in [-0.39, 0.29) is 30.6 Å². The van der Waals surface area contributed by atoms with Gasteiger partial charge in [0.2, 0.25) is 0 Å². The molecule has 0 saturated heterocycles. The van der Waals surface area contributed by atoms with Crippen LogP contribution < -0.4 is 5.32 Å². The molecule has 1 amide bonds. The number of carboxylic acid groups (broad SMARTS) is 1. The van der Waals surface area contributed by atoms with Crippen molar-refractivity contribution in [2.24, 2.45) is 0 Å². The zero-order valence-electron chi connectivity index (χ0n) is 14.8. The minimum absolute atomic E-state index is 0.0360. The van der Waals surface area contributed by atoms with E-state index in [9.17, 15) is 9.59 Å². The first-order valence-electron chi connectivity index (χ1n) is 8.77. The number of benzene rings is 2. The molecule has 7 nitrogen and oxygen atoms in total. The number of rotatable bonds is 5. The van der Waals surface area contributed by atoms with E-state index >= 15 is 0 Å². The summed E-state index contributed by atoms with van der Waals surface area (Å²) >= 11 is 0. The number of amides is 1. The molecule has 0 saturated carbocycles. The SMILES string of the molecule is O=C(O)Cc1nccc(NC(=O)OCC2c3ccccc3-c3ccccc32)n1. The molecule has 4 rings (SSSR count). The highest BCUT2D eigenvalue weighted by Crippen LogP contribution is 2.44. The summed E-state index contributed by atoms with van der Waals surface area (Å²) in [7, 11) is 0. The molecule has 0 bridgehead atoms. The highest BCUT2D eigenvalue weighted by Gasteiger charge is 2.29.